The molecule has 0 atom stereocenters. The maximum atomic E-state index is 10.0. The van der Waals surface area contributed by atoms with E-state index >= 15 is 0 Å². The number of nitrogens with zero attached hydrogens (tertiary/aromatic N) is 5. The van der Waals surface area contributed by atoms with E-state index in [1.165, 1.54) is 4.68 Å². The smallest absolute Gasteiger partial charge is 0.227 e. The molecule has 1 aromatic heterocycles. The summed E-state index contributed by atoms with van der Waals surface area (Å²) in [5.74, 6) is 0.372. The van der Waals surface area contributed by atoms with Crippen molar-refractivity contribution in [3.05, 3.63) is 29.1 Å². The summed E-state index contributed by atoms with van der Waals surface area (Å²) in [5.41, 5.74) is 0.509. The second-order valence-electron chi connectivity index (χ2n) is 4.70. The summed E-state index contributed by atoms with van der Waals surface area (Å²) in [6.45, 7) is 12.7. The number of aliphatic hydroxyl groups is 1. The van der Waals surface area contributed by atoms with E-state index in [1.54, 1.807) is 20.0 Å². The summed E-state index contributed by atoms with van der Waals surface area (Å²) in [7, 11) is 0. The van der Waals surface area contributed by atoms with Gasteiger partial charge < -0.3 is 5.11 Å². The SMILES string of the molecule is [C-]#[N+]c1cn(C2=C(O)C(C)(C)N=N2)nc1CCC.[Ir]. The normalized spacial score (nSPS) is 16.3. The Labute approximate surface area is 125 Å². The molecule has 0 fully saturated rings. The van der Waals surface area contributed by atoms with Crippen molar-refractivity contribution in [3.63, 3.8) is 0 Å². The molecule has 1 aliphatic heterocycles. The number of aryl methyl sites for hydroxylation is 1. The Kier molecular flexibility index (Phi) is 4.61. The van der Waals surface area contributed by atoms with Gasteiger partial charge >= 0.3 is 0 Å². The fourth-order valence-corrected chi connectivity index (χ4v) is 1.71. The Balaban J connectivity index is 0.00000180. The summed E-state index contributed by atoms with van der Waals surface area (Å²) in [6, 6.07) is 0. The van der Waals surface area contributed by atoms with Gasteiger partial charge in [0.05, 0.1) is 12.3 Å². The first-order chi connectivity index (χ1) is 8.49. The minimum atomic E-state index is -0.718. The minimum absolute atomic E-state index is 0. The predicted octanol–water partition coefficient (Wildman–Crippen LogP) is 3.31. The van der Waals surface area contributed by atoms with E-state index in [-0.39, 0.29) is 25.9 Å². The first-order valence-corrected chi connectivity index (χ1v) is 5.82. The summed E-state index contributed by atoms with van der Waals surface area (Å²) in [6.07, 6.45) is 3.24. The molecule has 0 saturated heterocycles. The Morgan fingerprint density at radius 3 is 2.63 bits per heavy atom. The second kappa shape index (κ2) is 5.64. The average Bonchev–Trinajstić information content (AvgIpc) is 2.83. The van der Waals surface area contributed by atoms with Crippen LogP contribution in [0.2, 0.25) is 0 Å². The molecular weight excluding hydrogens is 422 g/mol. The minimum Gasteiger partial charge on any atom is -0.506 e. The summed E-state index contributed by atoms with van der Waals surface area (Å²) < 4.78 is 1.44. The maximum Gasteiger partial charge on any atom is 0.227 e. The monoisotopic (exact) mass is 438 g/mol. The van der Waals surface area contributed by atoms with Gasteiger partial charge in [-0.25, -0.2) is 9.53 Å². The molecule has 1 aromatic rings. The van der Waals surface area contributed by atoms with Crippen molar-refractivity contribution in [2.45, 2.75) is 39.2 Å². The van der Waals surface area contributed by atoms with Crippen LogP contribution in [0.4, 0.5) is 5.69 Å². The first kappa shape index (κ1) is 15.5. The standard InChI is InChI=1S/C12H15N5O.Ir/c1-5-6-8-9(13-4)7-17(15-8)11-10(18)12(2,3)16-14-11;/h7,18H,5-6H2,1-3H3;. The van der Waals surface area contributed by atoms with Crippen LogP contribution in [0.15, 0.2) is 22.2 Å². The second-order valence-corrected chi connectivity index (χ2v) is 4.70. The van der Waals surface area contributed by atoms with E-state index in [2.05, 4.69) is 20.2 Å². The van der Waals surface area contributed by atoms with Crippen LogP contribution < -0.4 is 0 Å². The van der Waals surface area contributed by atoms with Gasteiger partial charge in [-0.3, -0.25) is 0 Å². The van der Waals surface area contributed by atoms with Gasteiger partial charge in [-0.2, -0.15) is 10.2 Å². The van der Waals surface area contributed by atoms with Crippen molar-refractivity contribution in [3.8, 4) is 0 Å². The van der Waals surface area contributed by atoms with Crippen molar-refractivity contribution in [1.29, 1.82) is 0 Å². The van der Waals surface area contributed by atoms with Gasteiger partial charge in [0.2, 0.25) is 11.5 Å². The predicted molar refractivity (Wildman–Crippen MR) is 67.3 cm³/mol. The quantitative estimate of drug-likeness (QED) is 0.738. The molecule has 1 radical (unpaired) electrons. The van der Waals surface area contributed by atoms with Crippen LogP contribution in [0.25, 0.3) is 10.7 Å². The molecule has 0 bridgehead atoms. The Morgan fingerprint density at radius 1 is 1.47 bits per heavy atom. The molecule has 19 heavy (non-hydrogen) atoms. The molecule has 6 nitrogen and oxygen atoms in total. The van der Waals surface area contributed by atoms with Gasteiger partial charge in [0, 0.05) is 26.3 Å². The summed E-state index contributed by atoms with van der Waals surface area (Å²) in [5, 5.41) is 22.2. The van der Waals surface area contributed by atoms with Crippen LogP contribution in [-0.4, -0.2) is 20.4 Å². The zero-order valence-corrected chi connectivity index (χ0v) is 13.4. The number of aromatic nitrogens is 2. The van der Waals surface area contributed by atoms with Gasteiger partial charge in [-0.05, 0) is 20.3 Å². The first-order valence-electron chi connectivity index (χ1n) is 5.82. The van der Waals surface area contributed by atoms with Gasteiger partial charge in [0.25, 0.3) is 0 Å². The Morgan fingerprint density at radius 2 is 2.16 bits per heavy atom. The van der Waals surface area contributed by atoms with Crippen LogP contribution in [-0.2, 0) is 26.5 Å². The summed E-state index contributed by atoms with van der Waals surface area (Å²) in [4.78, 5) is 3.43. The van der Waals surface area contributed by atoms with E-state index < -0.39 is 5.54 Å². The average molecular weight is 438 g/mol. The Bertz CT molecular complexity index is 579. The van der Waals surface area contributed by atoms with Crippen molar-refractivity contribution in [2.24, 2.45) is 10.2 Å². The number of aliphatic hydroxyl groups excluding tert-OH is 1. The van der Waals surface area contributed by atoms with E-state index in [0.29, 0.717) is 11.5 Å². The molecule has 0 unspecified atom stereocenters. The van der Waals surface area contributed by atoms with Gasteiger partial charge in [0.1, 0.15) is 5.54 Å². The Hall–Kier alpha value is -1.51. The van der Waals surface area contributed by atoms with Crippen LogP contribution in [0.5, 0.6) is 0 Å². The molecule has 0 aliphatic carbocycles. The molecule has 0 saturated carbocycles. The molecule has 1 aliphatic rings. The van der Waals surface area contributed by atoms with Crippen LogP contribution in [0.3, 0.4) is 0 Å². The third-order valence-corrected chi connectivity index (χ3v) is 2.78. The van der Waals surface area contributed by atoms with Gasteiger partial charge in [-0.15, -0.1) is 5.11 Å². The van der Waals surface area contributed by atoms with Crippen LogP contribution in [0.1, 0.15) is 32.9 Å². The molecule has 7 heteroatoms. The maximum absolute atomic E-state index is 10.0. The number of hydrogen-bond acceptors (Lipinski definition) is 4. The fraction of sp³-hybridized carbons (Fsp3) is 0.500. The summed E-state index contributed by atoms with van der Waals surface area (Å²) >= 11 is 0. The number of rotatable bonds is 3. The zero-order valence-electron chi connectivity index (χ0n) is 11.0. The third kappa shape index (κ3) is 2.75. The van der Waals surface area contributed by atoms with Crippen molar-refractivity contribution < 1.29 is 25.2 Å². The largest absolute Gasteiger partial charge is 0.506 e. The molecule has 1 N–H and O–H groups in total. The van der Waals surface area contributed by atoms with E-state index in [9.17, 15) is 5.11 Å². The molecular formula is C12H15IrN5O. The molecule has 0 aromatic carbocycles. The number of azo groups is 1. The van der Waals surface area contributed by atoms with E-state index in [1.807, 2.05) is 6.92 Å². The zero-order chi connectivity index (χ0) is 13.3. The van der Waals surface area contributed by atoms with Gasteiger partial charge in [0.15, 0.2) is 5.76 Å². The van der Waals surface area contributed by atoms with Crippen molar-refractivity contribution in [2.75, 3.05) is 0 Å². The van der Waals surface area contributed by atoms with E-state index in [4.69, 9.17) is 6.57 Å². The molecule has 2 heterocycles. The molecule has 2 rings (SSSR count). The van der Waals surface area contributed by atoms with Crippen molar-refractivity contribution >= 4 is 11.5 Å². The fourth-order valence-electron chi connectivity index (χ4n) is 1.71. The van der Waals surface area contributed by atoms with Gasteiger partial charge in [-0.1, -0.05) is 13.3 Å². The van der Waals surface area contributed by atoms with Crippen LogP contribution >= 0.6 is 0 Å². The molecule has 0 spiro atoms. The van der Waals surface area contributed by atoms with E-state index in [0.717, 1.165) is 18.5 Å². The van der Waals surface area contributed by atoms with Crippen LogP contribution in [0, 0.1) is 6.57 Å². The topological polar surface area (TPSA) is 67.1 Å². The molecule has 0 amide bonds. The number of hydrogen-bond donors (Lipinski definition) is 1. The third-order valence-electron chi connectivity index (χ3n) is 2.78. The molecule has 103 valence electrons. The van der Waals surface area contributed by atoms with Crippen molar-refractivity contribution in [1.82, 2.24) is 9.78 Å².